The maximum absolute atomic E-state index is 5.46. The van der Waals surface area contributed by atoms with Gasteiger partial charge in [0.2, 0.25) is 0 Å². The van der Waals surface area contributed by atoms with Crippen LogP contribution in [0, 0.1) is 0 Å². The Hall–Kier alpha value is -0.610. The maximum atomic E-state index is 5.46. The number of hydrogen-bond acceptors (Lipinski definition) is 4. The second-order valence-electron chi connectivity index (χ2n) is 3.02. The van der Waals surface area contributed by atoms with Crippen LogP contribution in [-0.2, 0) is 11.3 Å². The normalized spacial score (nSPS) is 10.8. The molecule has 0 saturated heterocycles. The molecular formula is C9H16N2OS. The van der Waals surface area contributed by atoms with Crippen LogP contribution in [0.1, 0.15) is 25.6 Å². The van der Waals surface area contributed by atoms with Gasteiger partial charge in [-0.3, -0.25) is 0 Å². The van der Waals surface area contributed by atoms with Crippen LogP contribution in [0.15, 0.2) is 6.20 Å². The third-order valence-corrected chi connectivity index (χ3v) is 2.37. The van der Waals surface area contributed by atoms with Gasteiger partial charge in [0.25, 0.3) is 0 Å². The lowest BCUT2D eigenvalue weighted by atomic mass is 10.5. The van der Waals surface area contributed by atoms with Crippen molar-refractivity contribution in [2.45, 2.75) is 33.5 Å². The van der Waals surface area contributed by atoms with Crippen molar-refractivity contribution >= 4 is 16.5 Å². The number of ether oxygens (including phenoxy) is 1. The van der Waals surface area contributed by atoms with Crippen LogP contribution in [-0.4, -0.2) is 17.6 Å². The van der Waals surface area contributed by atoms with Crippen molar-refractivity contribution in [3.05, 3.63) is 11.1 Å². The number of rotatable bonds is 5. The minimum absolute atomic E-state index is 0.282. The fraction of sp³-hybridized carbons (Fsp3) is 0.667. The molecule has 0 spiro atoms. The predicted octanol–water partition coefficient (Wildman–Crippen LogP) is 2.50. The smallest absolute Gasteiger partial charge is 0.182 e. The molecule has 0 saturated carbocycles. The first-order chi connectivity index (χ1) is 6.22. The van der Waals surface area contributed by atoms with Crippen molar-refractivity contribution in [2.24, 2.45) is 0 Å². The molecule has 0 aliphatic rings. The van der Waals surface area contributed by atoms with Gasteiger partial charge in [-0.25, -0.2) is 4.98 Å². The van der Waals surface area contributed by atoms with E-state index in [4.69, 9.17) is 4.74 Å². The molecule has 0 amide bonds. The van der Waals surface area contributed by atoms with E-state index in [0.29, 0.717) is 6.61 Å². The standard InChI is InChI=1S/C9H16N2OS/c1-4-10-9-11-5-8(13-9)6-12-7(2)3/h5,7H,4,6H2,1-3H3,(H,10,11). The fourth-order valence-corrected chi connectivity index (χ4v) is 1.66. The number of aromatic nitrogens is 1. The van der Waals surface area contributed by atoms with Crippen LogP contribution in [0.3, 0.4) is 0 Å². The van der Waals surface area contributed by atoms with Crippen LogP contribution in [0.4, 0.5) is 5.13 Å². The Bertz CT molecular complexity index is 248. The SMILES string of the molecule is CCNc1ncc(COC(C)C)s1. The van der Waals surface area contributed by atoms with E-state index in [1.165, 1.54) is 4.88 Å². The van der Waals surface area contributed by atoms with E-state index in [1.54, 1.807) is 11.3 Å². The molecule has 0 fully saturated rings. The monoisotopic (exact) mass is 200 g/mol. The summed E-state index contributed by atoms with van der Waals surface area (Å²) in [6, 6.07) is 0. The van der Waals surface area contributed by atoms with E-state index < -0.39 is 0 Å². The van der Waals surface area contributed by atoms with Gasteiger partial charge in [0.15, 0.2) is 5.13 Å². The highest BCUT2D eigenvalue weighted by Gasteiger charge is 2.01. The molecule has 0 aromatic carbocycles. The Labute approximate surface area is 83.1 Å². The first kappa shape index (κ1) is 10.5. The molecule has 1 aromatic rings. The fourth-order valence-electron chi connectivity index (χ4n) is 0.856. The lowest BCUT2D eigenvalue weighted by Crippen LogP contribution is -2.00. The summed E-state index contributed by atoms with van der Waals surface area (Å²) in [6.45, 7) is 7.71. The highest BCUT2D eigenvalue weighted by atomic mass is 32.1. The molecule has 74 valence electrons. The zero-order valence-electron chi connectivity index (χ0n) is 8.33. The molecule has 4 heteroatoms. The molecule has 3 nitrogen and oxygen atoms in total. The van der Waals surface area contributed by atoms with Crippen LogP contribution < -0.4 is 5.32 Å². The molecule has 0 unspecified atom stereocenters. The minimum Gasteiger partial charge on any atom is -0.373 e. The van der Waals surface area contributed by atoms with E-state index in [0.717, 1.165) is 11.7 Å². The molecular weight excluding hydrogens is 184 g/mol. The highest BCUT2D eigenvalue weighted by molar-refractivity contribution is 7.15. The van der Waals surface area contributed by atoms with E-state index in [2.05, 4.69) is 17.2 Å². The van der Waals surface area contributed by atoms with Crippen LogP contribution in [0.2, 0.25) is 0 Å². The lowest BCUT2D eigenvalue weighted by Gasteiger charge is -2.04. The Morgan fingerprint density at radius 3 is 3.00 bits per heavy atom. The van der Waals surface area contributed by atoms with Crippen LogP contribution in [0.5, 0.6) is 0 Å². The zero-order valence-corrected chi connectivity index (χ0v) is 9.15. The van der Waals surface area contributed by atoms with Crippen LogP contribution >= 0.6 is 11.3 Å². The van der Waals surface area contributed by atoms with Crippen molar-refractivity contribution in [1.82, 2.24) is 4.98 Å². The van der Waals surface area contributed by atoms with Crippen molar-refractivity contribution in [2.75, 3.05) is 11.9 Å². The summed E-state index contributed by atoms with van der Waals surface area (Å²) < 4.78 is 5.46. The number of hydrogen-bond donors (Lipinski definition) is 1. The van der Waals surface area contributed by atoms with Gasteiger partial charge < -0.3 is 10.1 Å². The van der Waals surface area contributed by atoms with Gasteiger partial charge in [-0.1, -0.05) is 11.3 Å². The van der Waals surface area contributed by atoms with Crippen molar-refractivity contribution in [3.8, 4) is 0 Å². The topological polar surface area (TPSA) is 34.2 Å². The molecule has 13 heavy (non-hydrogen) atoms. The molecule has 0 bridgehead atoms. The number of thiazole rings is 1. The summed E-state index contributed by atoms with van der Waals surface area (Å²) in [5.41, 5.74) is 0. The van der Waals surface area contributed by atoms with Gasteiger partial charge in [0, 0.05) is 12.7 Å². The summed E-state index contributed by atoms with van der Waals surface area (Å²) in [4.78, 5) is 5.38. The Kier molecular flexibility index (Phi) is 4.18. The summed E-state index contributed by atoms with van der Waals surface area (Å²) in [7, 11) is 0. The summed E-state index contributed by atoms with van der Waals surface area (Å²) >= 11 is 1.65. The van der Waals surface area contributed by atoms with Crippen molar-refractivity contribution < 1.29 is 4.74 Å². The Morgan fingerprint density at radius 1 is 1.62 bits per heavy atom. The quantitative estimate of drug-likeness (QED) is 0.793. The molecule has 0 radical (unpaired) electrons. The molecule has 1 N–H and O–H groups in total. The number of nitrogens with zero attached hydrogens (tertiary/aromatic N) is 1. The second kappa shape index (κ2) is 5.19. The summed E-state index contributed by atoms with van der Waals surface area (Å²) in [6.07, 6.45) is 2.15. The average molecular weight is 200 g/mol. The molecule has 0 aliphatic carbocycles. The first-order valence-corrected chi connectivity index (χ1v) is 5.34. The van der Waals surface area contributed by atoms with Gasteiger partial charge in [-0.15, -0.1) is 0 Å². The number of anilines is 1. The van der Waals surface area contributed by atoms with Gasteiger partial charge in [-0.05, 0) is 20.8 Å². The third kappa shape index (κ3) is 3.74. The summed E-state index contributed by atoms with van der Waals surface area (Å²) in [5, 5.41) is 4.14. The highest BCUT2D eigenvalue weighted by Crippen LogP contribution is 2.18. The molecule has 1 rings (SSSR count). The predicted molar refractivity (Wildman–Crippen MR) is 56.2 cm³/mol. The lowest BCUT2D eigenvalue weighted by molar-refractivity contribution is 0.0673. The second-order valence-corrected chi connectivity index (χ2v) is 4.14. The van der Waals surface area contributed by atoms with Crippen molar-refractivity contribution in [1.29, 1.82) is 0 Å². The van der Waals surface area contributed by atoms with E-state index >= 15 is 0 Å². The third-order valence-electron chi connectivity index (χ3n) is 1.44. The number of nitrogens with one attached hydrogen (secondary N) is 1. The Balaban J connectivity index is 2.39. The van der Waals surface area contributed by atoms with E-state index in [-0.39, 0.29) is 6.10 Å². The summed E-state index contributed by atoms with van der Waals surface area (Å²) in [5.74, 6) is 0. The van der Waals surface area contributed by atoms with E-state index in [9.17, 15) is 0 Å². The first-order valence-electron chi connectivity index (χ1n) is 4.52. The largest absolute Gasteiger partial charge is 0.373 e. The van der Waals surface area contributed by atoms with Crippen molar-refractivity contribution in [3.63, 3.8) is 0 Å². The van der Waals surface area contributed by atoms with Crippen LogP contribution in [0.25, 0.3) is 0 Å². The Morgan fingerprint density at radius 2 is 2.38 bits per heavy atom. The maximum Gasteiger partial charge on any atom is 0.182 e. The average Bonchev–Trinajstić information content (AvgIpc) is 2.50. The van der Waals surface area contributed by atoms with Gasteiger partial charge in [0.05, 0.1) is 17.6 Å². The molecule has 0 aliphatic heterocycles. The van der Waals surface area contributed by atoms with Gasteiger partial charge >= 0.3 is 0 Å². The zero-order chi connectivity index (χ0) is 9.68. The molecule has 0 atom stereocenters. The minimum atomic E-state index is 0.282. The van der Waals surface area contributed by atoms with E-state index in [1.807, 2.05) is 20.0 Å². The van der Waals surface area contributed by atoms with Gasteiger partial charge in [0.1, 0.15) is 0 Å². The van der Waals surface area contributed by atoms with Gasteiger partial charge in [-0.2, -0.15) is 0 Å². The molecule has 1 heterocycles. The molecule has 1 aromatic heterocycles.